The first-order chi connectivity index (χ1) is 38.6. The Labute approximate surface area is 482 Å². The maximum absolute atomic E-state index is 13.2. The first kappa shape index (κ1) is 73.7. The van der Waals surface area contributed by atoms with Crippen molar-refractivity contribution in [2.24, 2.45) is 0 Å². The van der Waals surface area contributed by atoms with E-state index in [1.54, 1.807) is 0 Å². The largest absolute Gasteiger partial charge is 0.479 e. The standard InChI is InChI=1S/C67H118O12/c1-4-7-10-13-16-19-22-25-27-29-30-32-34-37-40-43-46-49-52-55-61(70)78-65-63(72)62(71)64(66(73)74)79-67(65)76-57-58(77-60(69)54-51-48-45-42-39-35-24-21-18-15-12-9-6-3)56-75-59(68)53-50-47-44-41-38-36-33-31-28-26-23-20-17-14-11-8-5-2/h16-17,19-20,25-28,58,62-65,67,71-72H,4-15,18,21-24,29-57H2,1-3H3,(H,73,74)/b19-16-,20-17-,27-25-,28-26-. The van der Waals surface area contributed by atoms with Crippen molar-refractivity contribution in [1.29, 1.82) is 0 Å². The van der Waals surface area contributed by atoms with Crippen molar-refractivity contribution in [3.05, 3.63) is 48.6 Å². The number of carbonyl (C=O) groups is 4. The molecule has 458 valence electrons. The molecule has 0 saturated carbocycles. The van der Waals surface area contributed by atoms with Gasteiger partial charge in [0.1, 0.15) is 18.8 Å². The summed E-state index contributed by atoms with van der Waals surface area (Å²) >= 11 is 0. The highest BCUT2D eigenvalue weighted by Gasteiger charge is 2.50. The third kappa shape index (κ3) is 45.0. The summed E-state index contributed by atoms with van der Waals surface area (Å²) in [6, 6.07) is 0. The molecule has 1 fully saturated rings. The average Bonchev–Trinajstić information content (AvgIpc) is 3.46. The summed E-state index contributed by atoms with van der Waals surface area (Å²) in [4.78, 5) is 51.3. The van der Waals surface area contributed by atoms with Gasteiger partial charge >= 0.3 is 23.9 Å². The van der Waals surface area contributed by atoms with Crippen LogP contribution in [0.3, 0.4) is 0 Å². The van der Waals surface area contributed by atoms with Crippen LogP contribution in [0.5, 0.6) is 0 Å². The topological polar surface area (TPSA) is 175 Å². The van der Waals surface area contributed by atoms with Crippen LogP contribution in [-0.2, 0) is 42.9 Å². The molecule has 0 aromatic rings. The van der Waals surface area contributed by atoms with Gasteiger partial charge in [0.2, 0.25) is 0 Å². The van der Waals surface area contributed by atoms with Crippen LogP contribution in [0.25, 0.3) is 0 Å². The van der Waals surface area contributed by atoms with Crippen molar-refractivity contribution >= 4 is 23.9 Å². The Hall–Kier alpha value is -3.32. The number of ether oxygens (including phenoxy) is 5. The number of aliphatic carboxylic acids is 1. The number of carbonyl (C=O) groups excluding carboxylic acids is 3. The van der Waals surface area contributed by atoms with Crippen LogP contribution in [-0.4, -0.2) is 89.2 Å². The Morgan fingerprint density at radius 3 is 1.16 bits per heavy atom. The molecule has 0 aliphatic carbocycles. The Kier molecular flexibility index (Phi) is 51.5. The van der Waals surface area contributed by atoms with Gasteiger partial charge in [-0.25, -0.2) is 4.79 Å². The second kappa shape index (κ2) is 55.2. The lowest BCUT2D eigenvalue weighted by atomic mass is 9.98. The van der Waals surface area contributed by atoms with E-state index in [9.17, 15) is 34.5 Å². The molecule has 12 nitrogen and oxygen atoms in total. The molecule has 1 aliphatic rings. The van der Waals surface area contributed by atoms with Crippen molar-refractivity contribution < 1.29 is 58.2 Å². The van der Waals surface area contributed by atoms with E-state index in [0.717, 1.165) is 96.3 Å². The minimum absolute atomic E-state index is 0.0571. The number of unbranched alkanes of at least 4 members (excludes halogenated alkanes) is 34. The Balaban J connectivity index is 2.64. The maximum atomic E-state index is 13.2. The van der Waals surface area contributed by atoms with E-state index in [0.29, 0.717) is 19.3 Å². The number of carboxylic acids is 1. The van der Waals surface area contributed by atoms with E-state index in [1.165, 1.54) is 148 Å². The third-order valence-corrected chi connectivity index (χ3v) is 14.9. The summed E-state index contributed by atoms with van der Waals surface area (Å²) in [5, 5.41) is 31.6. The maximum Gasteiger partial charge on any atom is 0.335 e. The SMILES string of the molecule is CCCCC/C=C\C/C=C\CCCCCCCCCCCC(=O)OC1C(OCC(COC(=O)CCCCCCCCC/C=C\C/C=C\CCCCC)OC(=O)CCCCCCCCCCCCCCC)OC(C(=O)O)C(O)C1O. The highest BCUT2D eigenvalue weighted by Crippen LogP contribution is 2.27. The minimum Gasteiger partial charge on any atom is -0.479 e. The van der Waals surface area contributed by atoms with E-state index in [-0.39, 0.29) is 25.9 Å². The van der Waals surface area contributed by atoms with Gasteiger partial charge in [-0.2, -0.15) is 0 Å². The van der Waals surface area contributed by atoms with Gasteiger partial charge in [0.05, 0.1) is 6.61 Å². The van der Waals surface area contributed by atoms with Crippen LogP contribution in [0, 0.1) is 0 Å². The van der Waals surface area contributed by atoms with Crippen LogP contribution in [0.15, 0.2) is 48.6 Å². The lowest BCUT2D eigenvalue weighted by Gasteiger charge is -2.40. The number of esters is 3. The quantitative estimate of drug-likeness (QED) is 0.0228. The van der Waals surface area contributed by atoms with Crippen LogP contribution in [0.2, 0.25) is 0 Å². The first-order valence-corrected chi connectivity index (χ1v) is 32.6. The number of hydrogen-bond acceptors (Lipinski definition) is 11. The zero-order valence-electron chi connectivity index (χ0n) is 50.6. The molecule has 1 heterocycles. The first-order valence-electron chi connectivity index (χ1n) is 32.6. The summed E-state index contributed by atoms with van der Waals surface area (Å²) in [7, 11) is 0. The molecular formula is C67H118O12. The minimum atomic E-state index is -1.90. The van der Waals surface area contributed by atoms with Gasteiger partial charge in [0, 0.05) is 19.3 Å². The van der Waals surface area contributed by atoms with Gasteiger partial charge in [0.15, 0.2) is 24.6 Å². The van der Waals surface area contributed by atoms with Gasteiger partial charge in [-0.1, -0.05) is 249 Å². The summed E-state index contributed by atoms with van der Waals surface area (Å²) in [6.45, 7) is 5.97. The van der Waals surface area contributed by atoms with Crippen LogP contribution in [0.4, 0.5) is 0 Å². The molecule has 0 radical (unpaired) electrons. The van der Waals surface area contributed by atoms with Crippen LogP contribution >= 0.6 is 0 Å². The molecule has 12 heteroatoms. The predicted molar refractivity (Wildman–Crippen MR) is 322 cm³/mol. The van der Waals surface area contributed by atoms with E-state index >= 15 is 0 Å². The van der Waals surface area contributed by atoms with E-state index in [4.69, 9.17) is 23.7 Å². The highest BCUT2D eigenvalue weighted by atomic mass is 16.7. The fourth-order valence-electron chi connectivity index (χ4n) is 9.84. The van der Waals surface area contributed by atoms with Crippen molar-refractivity contribution in [3.63, 3.8) is 0 Å². The van der Waals surface area contributed by atoms with Gasteiger partial charge in [-0.3, -0.25) is 14.4 Å². The number of hydrogen-bond donors (Lipinski definition) is 3. The van der Waals surface area contributed by atoms with Gasteiger partial charge in [-0.05, 0) is 83.5 Å². The normalized spacial score (nSPS) is 18.1. The molecule has 0 aromatic heterocycles. The van der Waals surface area contributed by atoms with Crippen molar-refractivity contribution in [2.45, 2.75) is 340 Å². The Bertz CT molecular complexity index is 1560. The van der Waals surface area contributed by atoms with Crippen LogP contribution < -0.4 is 0 Å². The second-order valence-electron chi connectivity index (χ2n) is 22.4. The van der Waals surface area contributed by atoms with Crippen LogP contribution in [0.1, 0.15) is 303 Å². The molecule has 0 amide bonds. The monoisotopic (exact) mass is 1110 g/mol. The number of rotatable bonds is 56. The summed E-state index contributed by atoms with van der Waals surface area (Å²) in [6.07, 6.45) is 54.9. The molecular weight excluding hydrogens is 997 g/mol. The number of carboxylic acid groups (broad SMARTS) is 1. The second-order valence-corrected chi connectivity index (χ2v) is 22.4. The van der Waals surface area contributed by atoms with E-state index < -0.39 is 67.3 Å². The lowest BCUT2D eigenvalue weighted by molar-refractivity contribution is -0.301. The zero-order chi connectivity index (χ0) is 57.5. The predicted octanol–water partition coefficient (Wildman–Crippen LogP) is 17.3. The Morgan fingerprint density at radius 2 is 0.759 bits per heavy atom. The highest BCUT2D eigenvalue weighted by molar-refractivity contribution is 5.74. The third-order valence-electron chi connectivity index (χ3n) is 14.9. The lowest BCUT2D eigenvalue weighted by Crippen LogP contribution is -2.61. The van der Waals surface area contributed by atoms with Gasteiger partial charge in [0.25, 0.3) is 0 Å². The molecule has 1 rings (SSSR count). The molecule has 6 atom stereocenters. The summed E-state index contributed by atoms with van der Waals surface area (Å²) in [5.74, 6) is -3.11. The van der Waals surface area contributed by atoms with Gasteiger partial charge < -0.3 is 39.0 Å². The molecule has 0 spiro atoms. The average molecular weight is 1120 g/mol. The molecule has 1 aliphatic heterocycles. The molecule has 79 heavy (non-hydrogen) atoms. The van der Waals surface area contributed by atoms with Crippen molar-refractivity contribution in [1.82, 2.24) is 0 Å². The fraction of sp³-hybridized carbons (Fsp3) is 0.821. The number of aliphatic hydroxyl groups is 2. The van der Waals surface area contributed by atoms with E-state index in [2.05, 4.69) is 69.4 Å². The van der Waals surface area contributed by atoms with Gasteiger partial charge in [-0.15, -0.1) is 0 Å². The molecule has 6 unspecified atom stereocenters. The molecule has 0 bridgehead atoms. The van der Waals surface area contributed by atoms with E-state index in [1.807, 2.05) is 0 Å². The smallest absolute Gasteiger partial charge is 0.335 e. The molecule has 1 saturated heterocycles. The Morgan fingerprint density at radius 1 is 0.418 bits per heavy atom. The zero-order valence-corrected chi connectivity index (χ0v) is 50.6. The molecule has 3 N–H and O–H groups in total. The summed E-state index contributed by atoms with van der Waals surface area (Å²) < 4.78 is 28.5. The van der Waals surface area contributed by atoms with Crippen molar-refractivity contribution in [2.75, 3.05) is 13.2 Å². The fourth-order valence-corrected chi connectivity index (χ4v) is 9.84. The summed E-state index contributed by atoms with van der Waals surface area (Å²) in [5.41, 5.74) is 0. The number of allylic oxidation sites excluding steroid dienone is 8. The molecule has 0 aromatic carbocycles. The number of aliphatic hydroxyl groups excluding tert-OH is 2. The van der Waals surface area contributed by atoms with Crippen molar-refractivity contribution in [3.8, 4) is 0 Å².